The summed E-state index contributed by atoms with van der Waals surface area (Å²) < 4.78 is 5.38. The van der Waals surface area contributed by atoms with E-state index in [-0.39, 0.29) is 12.5 Å². The zero-order chi connectivity index (χ0) is 15.3. The topological polar surface area (TPSA) is 75.4 Å². The molecule has 0 bridgehead atoms. The number of nitrogens with zero attached hydrogens (tertiary/aromatic N) is 1. The van der Waals surface area contributed by atoms with Crippen molar-refractivity contribution in [2.45, 2.75) is 19.4 Å². The quantitative estimate of drug-likeness (QED) is 0.825. The number of nitrogens with one attached hydrogen (secondary N) is 1. The molecule has 110 valence electrons. The molecule has 0 saturated heterocycles. The molecule has 5 nitrogen and oxygen atoms in total. The summed E-state index contributed by atoms with van der Waals surface area (Å²) >= 11 is 0. The van der Waals surface area contributed by atoms with Crippen molar-refractivity contribution in [1.82, 2.24) is 10.3 Å². The molecule has 5 heteroatoms. The van der Waals surface area contributed by atoms with Crippen molar-refractivity contribution in [3.63, 3.8) is 0 Å². The van der Waals surface area contributed by atoms with Crippen LogP contribution in [0.25, 0.3) is 6.08 Å². The summed E-state index contributed by atoms with van der Waals surface area (Å²) in [5.74, 6) is 0.838. The number of rotatable bonds is 5. The third kappa shape index (κ3) is 4.29. The zero-order valence-corrected chi connectivity index (χ0v) is 12.0. The van der Waals surface area contributed by atoms with Crippen molar-refractivity contribution in [2.75, 3.05) is 6.54 Å². The lowest BCUT2D eigenvalue weighted by atomic mass is 10.0. The predicted molar refractivity (Wildman–Crippen MR) is 79.3 cm³/mol. The summed E-state index contributed by atoms with van der Waals surface area (Å²) in [6, 6.07) is 8.91. The molecular formula is C16H18N2O3. The van der Waals surface area contributed by atoms with Crippen LogP contribution in [0, 0.1) is 6.92 Å². The number of aliphatic hydroxyl groups is 1. The largest absolute Gasteiger partial charge is 0.463 e. The van der Waals surface area contributed by atoms with E-state index in [1.807, 2.05) is 6.07 Å². The molecule has 1 unspecified atom stereocenters. The molecule has 0 aliphatic rings. The number of aromatic nitrogens is 1. The van der Waals surface area contributed by atoms with Crippen LogP contribution in [0.3, 0.4) is 0 Å². The average molecular weight is 286 g/mol. The molecule has 2 aromatic rings. The van der Waals surface area contributed by atoms with Gasteiger partial charge in [-0.3, -0.25) is 9.78 Å². The number of carbonyl (C=O) groups excluding carboxylic acids is 1. The van der Waals surface area contributed by atoms with Gasteiger partial charge in [-0.25, -0.2) is 0 Å². The van der Waals surface area contributed by atoms with E-state index < -0.39 is 5.60 Å². The Morgan fingerprint density at radius 1 is 1.43 bits per heavy atom. The first kappa shape index (κ1) is 15.0. The van der Waals surface area contributed by atoms with E-state index in [0.29, 0.717) is 17.2 Å². The molecular weight excluding hydrogens is 268 g/mol. The molecule has 1 amide bonds. The standard InChI is InChI=1S/C16H18N2O3/c1-12-6-8-14(21-12)16(2,20)11-18-15(19)9-7-13-5-3-4-10-17-13/h3-10,20H,11H2,1-2H3,(H,18,19)/b9-7+. The highest BCUT2D eigenvalue weighted by Crippen LogP contribution is 2.21. The molecule has 0 aliphatic heterocycles. The molecule has 0 spiro atoms. The Kier molecular flexibility index (Phi) is 4.55. The lowest BCUT2D eigenvalue weighted by Gasteiger charge is -2.20. The number of amides is 1. The second-order valence-electron chi connectivity index (χ2n) is 4.99. The third-order valence-electron chi connectivity index (χ3n) is 2.97. The maximum absolute atomic E-state index is 11.7. The SMILES string of the molecule is Cc1ccc(C(C)(O)CNC(=O)/C=C/c2ccccn2)o1. The van der Waals surface area contributed by atoms with Crippen LogP contribution in [-0.4, -0.2) is 22.5 Å². The van der Waals surface area contributed by atoms with Crippen LogP contribution in [0.2, 0.25) is 0 Å². The maximum Gasteiger partial charge on any atom is 0.244 e. The number of pyridine rings is 1. The fourth-order valence-electron chi connectivity index (χ4n) is 1.76. The fraction of sp³-hybridized carbons (Fsp3) is 0.250. The lowest BCUT2D eigenvalue weighted by molar-refractivity contribution is -0.117. The van der Waals surface area contributed by atoms with E-state index >= 15 is 0 Å². The van der Waals surface area contributed by atoms with Gasteiger partial charge in [0.05, 0.1) is 12.2 Å². The van der Waals surface area contributed by atoms with Crippen LogP contribution in [-0.2, 0) is 10.4 Å². The molecule has 2 N–H and O–H groups in total. The minimum absolute atomic E-state index is 0.0609. The molecule has 0 aromatic carbocycles. The van der Waals surface area contributed by atoms with Gasteiger partial charge in [0.15, 0.2) is 0 Å². The summed E-state index contributed by atoms with van der Waals surface area (Å²) in [5.41, 5.74) is -0.552. The molecule has 2 aromatic heterocycles. The van der Waals surface area contributed by atoms with Crippen molar-refractivity contribution in [3.05, 3.63) is 59.8 Å². The van der Waals surface area contributed by atoms with E-state index in [0.717, 1.165) is 0 Å². The van der Waals surface area contributed by atoms with Crippen LogP contribution in [0.15, 0.2) is 47.0 Å². The Balaban J connectivity index is 1.90. The van der Waals surface area contributed by atoms with Crippen LogP contribution < -0.4 is 5.32 Å². The average Bonchev–Trinajstić information content (AvgIpc) is 2.92. The van der Waals surface area contributed by atoms with Crippen molar-refractivity contribution < 1.29 is 14.3 Å². The summed E-state index contributed by atoms with van der Waals surface area (Å²) in [4.78, 5) is 15.8. The molecule has 21 heavy (non-hydrogen) atoms. The van der Waals surface area contributed by atoms with Crippen molar-refractivity contribution in [3.8, 4) is 0 Å². The Hall–Kier alpha value is -2.40. The summed E-state index contributed by atoms with van der Waals surface area (Å²) in [5, 5.41) is 12.9. The van der Waals surface area contributed by atoms with Gasteiger partial charge in [-0.15, -0.1) is 0 Å². The molecule has 0 saturated carbocycles. The highest BCUT2D eigenvalue weighted by Gasteiger charge is 2.27. The first-order valence-electron chi connectivity index (χ1n) is 6.63. The number of furan rings is 1. The first-order valence-corrected chi connectivity index (χ1v) is 6.63. The van der Waals surface area contributed by atoms with Gasteiger partial charge >= 0.3 is 0 Å². The number of hydrogen-bond donors (Lipinski definition) is 2. The zero-order valence-electron chi connectivity index (χ0n) is 12.0. The van der Waals surface area contributed by atoms with Gasteiger partial charge in [0.25, 0.3) is 0 Å². The van der Waals surface area contributed by atoms with Crippen molar-refractivity contribution >= 4 is 12.0 Å². The number of hydrogen-bond acceptors (Lipinski definition) is 4. The van der Waals surface area contributed by atoms with Crippen molar-refractivity contribution in [1.29, 1.82) is 0 Å². The Labute approximate surface area is 123 Å². The Bertz CT molecular complexity index is 630. The lowest BCUT2D eigenvalue weighted by Crippen LogP contribution is -2.37. The van der Waals surface area contributed by atoms with Crippen LogP contribution in [0.5, 0.6) is 0 Å². The minimum atomic E-state index is -1.25. The molecule has 0 fully saturated rings. The molecule has 2 heterocycles. The van der Waals surface area contributed by atoms with E-state index in [1.165, 1.54) is 6.08 Å². The molecule has 0 aliphatic carbocycles. The van der Waals surface area contributed by atoms with Crippen LogP contribution >= 0.6 is 0 Å². The summed E-state index contributed by atoms with van der Waals surface area (Å²) in [6.07, 6.45) is 4.65. The normalized spacial score (nSPS) is 14.0. The highest BCUT2D eigenvalue weighted by atomic mass is 16.4. The number of aryl methyl sites for hydroxylation is 1. The summed E-state index contributed by atoms with van der Waals surface area (Å²) in [7, 11) is 0. The predicted octanol–water partition coefficient (Wildman–Crippen LogP) is 2.02. The Morgan fingerprint density at radius 2 is 2.24 bits per heavy atom. The van der Waals surface area contributed by atoms with E-state index in [2.05, 4.69) is 10.3 Å². The second-order valence-corrected chi connectivity index (χ2v) is 4.99. The molecule has 1 atom stereocenters. The number of carbonyl (C=O) groups is 1. The highest BCUT2D eigenvalue weighted by molar-refractivity contribution is 5.91. The molecule has 0 radical (unpaired) electrons. The van der Waals surface area contributed by atoms with E-state index in [1.54, 1.807) is 50.4 Å². The van der Waals surface area contributed by atoms with E-state index in [9.17, 15) is 9.90 Å². The van der Waals surface area contributed by atoms with Gasteiger partial charge in [0, 0.05) is 12.3 Å². The molecule has 2 rings (SSSR count). The van der Waals surface area contributed by atoms with Gasteiger partial charge in [-0.1, -0.05) is 6.07 Å². The maximum atomic E-state index is 11.7. The fourth-order valence-corrected chi connectivity index (χ4v) is 1.76. The smallest absolute Gasteiger partial charge is 0.244 e. The Morgan fingerprint density at radius 3 is 2.86 bits per heavy atom. The second kappa shape index (κ2) is 6.37. The van der Waals surface area contributed by atoms with Crippen molar-refractivity contribution in [2.24, 2.45) is 0 Å². The van der Waals surface area contributed by atoms with Gasteiger partial charge in [-0.05, 0) is 44.2 Å². The van der Waals surface area contributed by atoms with Gasteiger partial charge in [-0.2, -0.15) is 0 Å². The van der Waals surface area contributed by atoms with E-state index in [4.69, 9.17) is 4.42 Å². The van der Waals surface area contributed by atoms with Crippen LogP contribution in [0.1, 0.15) is 24.1 Å². The van der Waals surface area contributed by atoms with Crippen LogP contribution in [0.4, 0.5) is 0 Å². The summed E-state index contributed by atoms with van der Waals surface area (Å²) in [6.45, 7) is 3.45. The monoisotopic (exact) mass is 286 g/mol. The van der Waals surface area contributed by atoms with Gasteiger partial charge < -0.3 is 14.8 Å². The first-order chi connectivity index (χ1) is 9.97. The van der Waals surface area contributed by atoms with Gasteiger partial charge in [0.1, 0.15) is 17.1 Å². The van der Waals surface area contributed by atoms with Gasteiger partial charge in [0.2, 0.25) is 5.91 Å². The minimum Gasteiger partial charge on any atom is -0.463 e. The third-order valence-corrected chi connectivity index (χ3v) is 2.97.